The lowest BCUT2D eigenvalue weighted by atomic mass is 10.1. The van der Waals surface area contributed by atoms with Crippen LogP contribution in [0.25, 0.3) is 0 Å². The molecule has 0 radical (unpaired) electrons. The molecule has 3 aromatic rings. The van der Waals surface area contributed by atoms with Crippen molar-refractivity contribution in [3.05, 3.63) is 53.2 Å². The van der Waals surface area contributed by atoms with E-state index in [9.17, 15) is 13.2 Å². The monoisotopic (exact) mass is 487 g/mol. The highest BCUT2D eigenvalue weighted by Gasteiger charge is 2.24. The molecule has 0 fully saturated rings. The smallest absolute Gasteiger partial charge is 0.229 e. The van der Waals surface area contributed by atoms with Crippen LogP contribution in [0, 0.1) is 0 Å². The van der Waals surface area contributed by atoms with Gasteiger partial charge in [-0.05, 0) is 37.6 Å². The first kappa shape index (κ1) is 22.8. The molecule has 1 aromatic heterocycles. The summed E-state index contributed by atoms with van der Waals surface area (Å²) in [6, 6.07) is 10.1. The van der Waals surface area contributed by atoms with Crippen LogP contribution in [0.1, 0.15) is 19.4 Å². The number of amides is 1. The SMILES string of the molecule is COc1cc2c(cc1Nc1ncc(Cl)c(Nc3ccccc3S(=O)(=O)C(C)C)n1)CC(=O)N2. The largest absolute Gasteiger partial charge is 0.494 e. The molecule has 3 N–H and O–H groups in total. The Morgan fingerprint density at radius 2 is 1.91 bits per heavy atom. The number of sulfone groups is 1. The number of carbonyl (C=O) groups is 1. The highest BCUT2D eigenvalue weighted by molar-refractivity contribution is 7.92. The van der Waals surface area contributed by atoms with Crippen molar-refractivity contribution < 1.29 is 17.9 Å². The number of methoxy groups -OCH3 is 1. The second kappa shape index (κ2) is 8.87. The molecule has 11 heteroatoms. The first-order chi connectivity index (χ1) is 15.7. The molecular weight excluding hydrogens is 466 g/mol. The molecule has 0 unspecified atom stereocenters. The Bertz CT molecular complexity index is 1340. The highest BCUT2D eigenvalue weighted by Crippen LogP contribution is 2.36. The first-order valence-electron chi connectivity index (χ1n) is 10.1. The number of halogens is 1. The van der Waals surface area contributed by atoms with E-state index in [1.165, 1.54) is 19.4 Å². The topological polar surface area (TPSA) is 122 Å². The van der Waals surface area contributed by atoms with E-state index in [0.29, 0.717) is 22.8 Å². The summed E-state index contributed by atoms with van der Waals surface area (Å²) in [6.07, 6.45) is 1.67. The number of hydrogen-bond donors (Lipinski definition) is 3. The molecule has 1 aliphatic heterocycles. The van der Waals surface area contributed by atoms with Gasteiger partial charge in [-0.15, -0.1) is 0 Å². The van der Waals surface area contributed by atoms with Crippen LogP contribution in [-0.2, 0) is 21.1 Å². The maximum atomic E-state index is 12.8. The third-order valence-corrected chi connectivity index (χ3v) is 7.60. The Morgan fingerprint density at radius 3 is 2.64 bits per heavy atom. The van der Waals surface area contributed by atoms with Gasteiger partial charge in [0.15, 0.2) is 15.7 Å². The Balaban J connectivity index is 1.66. The second-order valence-electron chi connectivity index (χ2n) is 7.66. The van der Waals surface area contributed by atoms with Crippen molar-refractivity contribution in [1.29, 1.82) is 0 Å². The van der Waals surface area contributed by atoms with Crippen molar-refractivity contribution in [2.24, 2.45) is 0 Å². The van der Waals surface area contributed by atoms with E-state index < -0.39 is 15.1 Å². The fourth-order valence-electron chi connectivity index (χ4n) is 3.36. The molecule has 0 saturated heterocycles. The van der Waals surface area contributed by atoms with Gasteiger partial charge in [-0.2, -0.15) is 4.98 Å². The predicted octanol–water partition coefficient (Wildman–Crippen LogP) is 4.30. The molecule has 0 atom stereocenters. The van der Waals surface area contributed by atoms with Crippen LogP contribution < -0.4 is 20.7 Å². The van der Waals surface area contributed by atoms with Crippen LogP contribution >= 0.6 is 11.6 Å². The average molecular weight is 488 g/mol. The van der Waals surface area contributed by atoms with Gasteiger partial charge in [0, 0.05) is 11.8 Å². The quantitative estimate of drug-likeness (QED) is 0.450. The Kier molecular flexibility index (Phi) is 6.13. The van der Waals surface area contributed by atoms with Gasteiger partial charge in [0.25, 0.3) is 0 Å². The van der Waals surface area contributed by atoms with Crippen molar-refractivity contribution in [3.63, 3.8) is 0 Å². The summed E-state index contributed by atoms with van der Waals surface area (Å²) in [5, 5.41) is 8.50. The molecule has 2 heterocycles. The van der Waals surface area contributed by atoms with Gasteiger partial charge in [-0.25, -0.2) is 13.4 Å². The first-order valence-corrected chi connectivity index (χ1v) is 12.0. The van der Waals surface area contributed by atoms with E-state index in [4.69, 9.17) is 16.3 Å². The molecule has 1 amide bonds. The summed E-state index contributed by atoms with van der Waals surface area (Å²) in [4.78, 5) is 20.5. The third kappa shape index (κ3) is 4.57. The minimum absolute atomic E-state index is 0.0894. The number of nitrogens with zero attached hydrogens (tertiary/aromatic N) is 2. The zero-order valence-corrected chi connectivity index (χ0v) is 19.7. The highest BCUT2D eigenvalue weighted by atomic mass is 35.5. The lowest BCUT2D eigenvalue weighted by molar-refractivity contribution is -0.115. The van der Waals surface area contributed by atoms with Gasteiger partial charge in [0.05, 0.1) is 41.2 Å². The third-order valence-electron chi connectivity index (χ3n) is 5.11. The van der Waals surface area contributed by atoms with Gasteiger partial charge in [-0.3, -0.25) is 4.79 Å². The number of para-hydroxylation sites is 1. The van der Waals surface area contributed by atoms with Crippen molar-refractivity contribution in [1.82, 2.24) is 9.97 Å². The molecule has 0 spiro atoms. The lowest BCUT2D eigenvalue weighted by Crippen LogP contribution is -2.15. The average Bonchev–Trinajstić information content (AvgIpc) is 3.14. The lowest BCUT2D eigenvalue weighted by Gasteiger charge is -2.16. The van der Waals surface area contributed by atoms with E-state index in [1.807, 2.05) is 0 Å². The molecule has 1 aliphatic rings. The summed E-state index contributed by atoms with van der Waals surface area (Å²) in [5.74, 6) is 0.852. The van der Waals surface area contributed by atoms with E-state index >= 15 is 0 Å². The standard InChI is InChI=1S/C22H22ClN5O4S/c1-12(2)33(30,31)19-7-5-4-6-15(19)26-21-14(23)11-24-22(28-21)27-17-8-13-9-20(29)25-16(13)10-18(17)32-3/h4-8,10-12H,9H2,1-3H3,(H,25,29)(H2,24,26,27,28). The number of fused-ring (bicyclic) bond motifs is 1. The zero-order chi connectivity index (χ0) is 23.8. The van der Waals surface area contributed by atoms with E-state index in [0.717, 1.165) is 5.56 Å². The maximum absolute atomic E-state index is 12.8. The van der Waals surface area contributed by atoms with Crippen molar-refractivity contribution in [3.8, 4) is 5.75 Å². The summed E-state index contributed by atoms with van der Waals surface area (Å²) >= 11 is 6.29. The summed E-state index contributed by atoms with van der Waals surface area (Å²) in [6.45, 7) is 3.25. The number of carbonyl (C=O) groups excluding carboxylic acids is 1. The van der Waals surface area contributed by atoms with Crippen LogP contribution in [0.3, 0.4) is 0 Å². The number of rotatable bonds is 7. The number of nitrogens with one attached hydrogen (secondary N) is 3. The van der Waals surface area contributed by atoms with Gasteiger partial charge < -0.3 is 20.7 Å². The second-order valence-corrected chi connectivity index (χ2v) is 10.5. The van der Waals surface area contributed by atoms with Gasteiger partial charge in [0.2, 0.25) is 11.9 Å². The van der Waals surface area contributed by atoms with E-state index in [-0.39, 0.29) is 34.0 Å². The summed E-state index contributed by atoms with van der Waals surface area (Å²) in [7, 11) is -2.01. The predicted molar refractivity (Wildman–Crippen MR) is 128 cm³/mol. The molecule has 9 nitrogen and oxygen atoms in total. The zero-order valence-electron chi connectivity index (χ0n) is 18.1. The molecule has 0 saturated carbocycles. The van der Waals surface area contributed by atoms with Crippen LogP contribution in [0.15, 0.2) is 47.5 Å². The molecular formula is C22H22ClN5O4S. The van der Waals surface area contributed by atoms with Gasteiger partial charge >= 0.3 is 0 Å². The van der Waals surface area contributed by atoms with Crippen LogP contribution in [-0.4, -0.2) is 36.7 Å². The van der Waals surface area contributed by atoms with Crippen molar-refractivity contribution in [2.45, 2.75) is 30.4 Å². The number of ether oxygens (including phenoxy) is 1. The molecule has 4 rings (SSSR count). The van der Waals surface area contributed by atoms with Crippen LogP contribution in [0.5, 0.6) is 5.75 Å². The molecule has 0 aliphatic carbocycles. The normalized spacial score (nSPS) is 12.9. The summed E-state index contributed by atoms with van der Waals surface area (Å²) < 4.78 is 30.9. The van der Waals surface area contributed by atoms with Gasteiger partial charge in [0.1, 0.15) is 10.8 Å². The Hall–Kier alpha value is -3.37. The molecule has 172 valence electrons. The fourth-order valence-corrected chi connectivity index (χ4v) is 4.70. The number of benzene rings is 2. The number of hydrogen-bond acceptors (Lipinski definition) is 8. The molecule has 0 bridgehead atoms. The number of anilines is 5. The molecule has 2 aromatic carbocycles. The van der Waals surface area contributed by atoms with Crippen LogP contribution in [0.4, 0.5) is 28.8 Å². The number of aromatic nitrogens is 2. The summed E-state index contributed by atoms with van der Waals surface area (Å²) in [5.41, 5.74) is 2.45. The minimum Gasteiger partial charge on any atom is -0.494 e. The van der Waals surface area contributed by atoms with E-state index in [1.54, 1.807) is 44.2 Å². The minimum atomic E-state index is -3.53. The van der Waals surface area contributed by atoms with Crippen molar-refractivity contribution in [2.75, 3.05) is 23.1 Å². The van der Waals surface area contributed by atoms with Gasteiger partial charge in [-0.1, -0.05) is 23.7 Å². The molecule has 33 heavy (non-hydrogen) atoms. The van der Waals surface area contributed by atoms with E-state index in [2.05, 4.69) is 25.9 Å². The Morgan fingerprint density at radius 1 is 1.15 bits per heavy atom. The fraction of sp³-hybridized carbons (Fsp3) is 0.227. The maximum Gasteiger partial charge on any atom is 0.229 e. The van der Waals surface area contributed by atoms with Crippen molar-refractivity contribution >= 4 is 56.2 Å². The van der Waals surface area contributed by atoms with Crippen LogP contribution in [0.2, 0.25) is 5.02 Å². The Labute approximate surface area is 196 Å².